The molecule has 0 fully saturated rings. The van der Waals surface area contributed by atoms with E-state index in [2.05, 4.69) is 16.1 Å². The first-order valence-corrected chi connectivity index (χ1v) is 6.10. The lowest BCUT2D eigenvalue weighted by Gasteiger charge is -2.13. The molecule has 0 saturated heterocycles. The van der Waals surface area contributed by atoms with Crippen molar-refractivity contribution >= 4 is 0 Å². The van der Waals surface area contributed by atoms with Crippen molar-refractivity contribution < 1.29 is 5.11 Å². The number of rotatable bonds is 3. The van der Waals surface area contributed by atoms with E-state index < -0.39 is 6.10 Å². The van der Waals surface area contributed by atoms with Gasteiger partial charge in [-0.05, 0) is 33.3 Å². The molecule has 0 saturated carbocycles. The van der Waals surface area contributed by atoms with E-state index in [9.17, 15) is 5.11 Å². The molecule has 4 nitrogen and oxygen atoms in total. The fourth-order valence-electron chi connectivity index (χ4n) is 2.21. The van der Waals surface area contributed by atoms with Gasteiger partial charge < -0.3 is 5.11 Å². The zero-order chi connectivity index (χ0) is 13.3. The molecule has 2 aromatic rings. The molecule has 0 aliphatic rings. The van der Waals surface area contributed by atoms with Gasteiger partial charge in [0.1, 0.15) is 11.6 Å². The van der Waals surface area contributed by atoms with Crippen LogP contribution in [0.3, 0.4) is 0 Å². The molecule has 0 aliphatic carbocycles. The Morgan fingerprint density at radius 1 is 1.11 bits per heavy atom. The molecule has 1 unspecified atom stereocenters. The minimum absolute atomic E-state index is 0.440. The van der Waals surface area contributed by atoms with Gasteiger partial charge in [0.2, 0.25) is 0 Å². The number of aryl methyl sites for hydroxylation is 4. The molecule has 0 aliphatic heterocycles. The Hall–Kier alpha value is -1.68. The predicted octanol–water partition coefficient (Wildman–Crippen LogP) is 2.25. The van der Waals surface area contributed by atoms with E-state index in [4.69, 9.17) is 0 Å². The van der Waals surface area contributed by atoms with Crippen LogP contribution in [0.1, 0.15) is 34.4 Å². The largest absolute Gasteiger partial charge is 0.386 e. The third kappa shape index (κ3) is 2.76. The standard InChI is InChI=1S/C14H19N3O/c1-9-5-10(2)7-13(6-9)14(18)8-17-12(4)15-11(3)16-17/h5-7,14,18H,8H2,1-4H3. The van der Waals surface area contributed by atoms with E-state index in [-0.39, 0.29) is 0 Å². The van der Waals surface area contributed by atoms with Crippen LogP contribution in [0, 0.1) is 27.7 Å². The molecule has 96 valence electrons. The highest BCUT2D eigenvalue weighted by Gasteiger charge is 2.12. The Morgan fingerprint density at radius 3 is 2.22 bits per heavy atom. The van der Waals surface area contributed by atoms with Crippen LogP contribution < -0.4 is 0 Å². The van der Waals surface area contributed by atoms with Gasteiger partial charge >= 0.3 is 0 Å². The third-order valence-electron chi connectivity index (χ3n) is 2.94. The highest BCUT2D eigenvalue weighted by atomic mass is 16.3. The topological polar surface area (TPSA) is 50.9 Å². The zero-order valence-electron chi connectivity index (χ0n) is 11.3. The summed E-state index contributed by atoms with van der Waals surface area (Å²) < 4.78 is 1.75. The molecule has 1 aromatic carbocycles. The second-order valence-corrected chi connectivity index (χ2v) is 4.83. The number of aromatic nitrogens is 3. The molecule has 4 heteroatoms. The van der Waals surface area contributed by atoms with Crippen LogP contribution in [0.25, 0.3) is 0 Å². The second kappa shape index (κ2) is 4.90. The third-order valence-corrected chi connectivity index (χ3v) is 2.94. The maximum atomic E-state index is 10.3. The molecular formula is C14H19N3O. The van der Waals surface area contributed by atoms with Crippen molar-refractivity contribution in [1.29, 1.82) is 0 Å². The molecule has 1 heterocycles. The van der Waals surface area contributed by atoms with E-state index in [0.29, 0.717) is 6.54 Å². The molecule has 0 spiro atoms. The minimum Gasteiger partial charge on any atom is -0.386 e. The number of hydrogen-bond donors (Lipinski definition) is 1. The van der Waals surface area contributed by atoms with Gasteiger partial charge in [-0.1, -0.05) is 29.3 Å². The lowest BCUT2D eigenvalue weighted by molar-refractivity contribution is 0.150. The lowest BCUT2D eigenvalue weighted by Crippen LogP contribution is -2.12. The Bertz CT molecular complexity index is 540. The van der Waals surface area contributed by atoms with Crippen LogP contribution in [0.15, 0.2) is 18.2 Å². The van der Waals surface area contributed by atoms with Gasteiger partial charge in [0, 0.05) is 0 Å². The summed E-state index contributed by atoms with van der Waals surface area (Å²) in [5.74, 6) is 1.57. The predicted molar refractivity (Wildman–Crippen MR) is 70.4 cm³/mol. The van der Waals surface area contributed by atoms with Crippen molar-refractivity contribution in [2.75, 3.05) is 0 Å². The number of nitrogens with zero attached hydrogens (tertiary/aromatic N) is 3. The first-order chi connectivity index (χ1) is 8.45. The highest BCUT2D eigenvalue weighted by molar-refractivity contribution is 5.29. The Kier molecular flexibility index (Phi) is 3.48. The summed E-state index contributed by atoms with van der Waals surface area (Å²) in [6.07, 6.45) is -0.552. The van der Waals surface area contributed by atoms with Crippen molar-refractivity contribution in [3.8, 4) is 0 Å². The molecule has 18 heavy (non-hydrogen) atoms. The monoisotopic (exact) mass is 245 g/mol. The fraction of sp³-hybridized carbons (Fsp3) is 0.429. The van der Waals surface area contributed by atoms with Gasteiger partial charge in [-0.15, -0.1) is 0 Å². The normalized spacial score (nSPS) is 12.7. The molecule has 1 N–H and O–H groups in total. The van der Waals surface area contributed by atoms with Crippen molar-refractivity contribution in [2.45, 2.75) is 40.3 Å². The first-order valence-electron chi connectivity index (χ1n) is 6.10. The Morgan fingerprint density at radius 2 is 1.72 bits per heavy atom. The molecule has 0 bridgehead atoms. The summed E-state index contributed by atoms with van der Waals surface area (Å²) in [5, 5.41) is 14.5. The van der Waals surface area contributed by atoms with Gasteiger partial charge in [0.05, 0.1) is 12.6 Å². The van der Waals surface area contributed by atoms with Gasteiger partial charge in [-0.2, -0.15) is 5.10 Å². The number of aliphatic hydroxyl groups excluding tert-OH is 1. The Labute approximate surface area is 107 Å². The van der Waals surface area contributed by atoms with Crippen LogP contribution in [-0.4, -0.2) is 19.9 Å². The number of aliphatic hydroxyl groups is 1. The van der Waals surface area contributed by atoms with Gasteiger partial charge in [0.25, 0.3) is 0 Å². The average Bonchev–Trinajstić information content (AvgIpc) is 2.56. The van der Waals surface area contributed by atoms with Crippen LogP contribution >= 0.6 is 0 Å². The molecular weight excluding hydrogens is 226 g/mol. The SMILES string of the molecule is Cc1cc(C)cc(C(O)Cn2nc(C)nc2C)c1. The van der Waals surface area contributed by atoms with Crippen LogP contribution in [0.5, 0.6) is 0 Å². The molecule has 1 aromatic heterocycles. The maximum Gasteiger partial charge on any atom is 0.147 e. The van der Waals surface area contributed by atoms with E-state index in [1.165, 1.54) is 0 Å². The fourth-order valence-corrected chi connectivity index (χ4v) is 2.21. The molecule has 0 amide bonds. The molecule has 0 radical (unpaired) electrons. The van der Waals surface area contributed by atoms with Crippen molar-refractivity contribution in [1.82, 2.24) is 14.8 Å². The van der Waals surface area contributed by atoms with Crippen molar-refractivity contribution in [3.05, 3.63) is 46.5 Å². The summed E-state index contributed by atoms with van der Waals surface area (Å²) in [4.78, 5) is 4.23. The quantitative estimate of drug-likeness (QED) is 0.902. The average molecular weight is 245 g/mol. The number of benzene rings is 1. The van der Waals surface area contributed by atoms with Crippen molar-refractivity contribution in [2.24, 2.45) is 0 Å². The molecule has 2 rings (SSSR count). The summed E-state index contributed by atoms with van der Waals surface area (Å²) >= 11 is 0. The van der Waals surface area contributed by atoms with Crippen LogP contribution in [0.2, 0.25) is 0 Å². The van der Waals surface area contributed by atoms with E-state index in [0.717, 1.165) is 28.3 Å². The summed E-state index contributed by atoms with van der Waals surface area (Å²) in [5.41, 5.74) is 3.26. The van der Waals surface area contributed by atoms with E-state index in [1.54, 1.807) is 4.68 Å². The first kappa shape index (κ1) is 12.8. The van der Waals surface area contributed by atoms with Crippen molar-refractivity contribution in [3.63, 3.8) is 0 Å². The number of hydrogen-bond acceptors (Lipinski definition) is 3. The second-order valence-electron chi connectivity index (χ2n) is 4.83. The zero-order valence-corrected chi connectivity index (χ0v) is 11.3. The maximum absolute atomic E-state index is 10.3. The van der Waals surface area contributed by atoms with Crippen LogP contribution in [0.4, 0.5) is 0 Å². The summed E-state index contributed by atoms with van der Waals surface area (Å²) in [7, 11) is 0. The highest BCUT2D eigenvalue weighted by Crippen LogP contribution is 2.18. The van der Waals surface area contributed by atoms with E-state index in [1.807, 2.05) is 39.8 Å². The minimum atomic E-state index is -0.552. The van der Waals surface area contributed by atoms with Gasteiger partial charge in [-0.25, -0.2) is 9.67 Å². The Balaban J connectivity index is 2.21. The van der Waals surface area contributed by atoms with E-state index >= 15 is 0 Å². The summed E-state index contributed by atoms with van der Waals surface area (Å²) in [6, 6.07) is 6.12. The van der Waals surface area contributed by atoms with Gasteiger partial charge in [0.15, 0.2) is 0 Å². The van der Waals surface area contributed by atoms with Gasteiger partial charge in [-0.3, -0.25) is 0 Å². The van der Waals surface area contributed by atoms with Crippen LogP contribution in [-0.2, 0) is 6.54 Å². The molecule has 1 atom stereocenters. The summed E-state index contributed by atoms with van der Waals surface area (Å²) in [6.45, 7) is 8.26. The smallest absolute Gasteiger partial charge is 0.147 e. The lowest BCUT2D eigenvalue weighted by atomic mass is 10.0.